The lowest BCUT2D eigenvalue weighted by molar-refractivity contribution is 0.474. The number of anilines is 1. The maximum Gasteiger partial charge on any atom is 0.241 e. The van der Waals surface area contributed by atoms with Crippen molar-refractivity contribution in [1.29, 1.82) is 0 Å². The van der Waals surface area contributed by atoms with Crippen molar-refractivity contribution in [1.82, 2.24) is 4.72 Å². The van der Waals surface area contributed by atoms with Crippen LogP contribution in [-0.2, 0) is 16.6 Å². The van der Waals surface area contributed by atoms with Crippen molar-refractivity contribution in [2.45, 2.75) is 11.4 Å². The van der Waals surface area contributed by atoms with E-state index >= 15 is 0 Å². The number of halogens is 1. The summed E-state index contributed by atoms with van der Waals surface area (Å²) in [6.07, 6.45) is 0. The van der Waals surface area contributed by atoms with E-state index in [0.717, 1.165) is 0 Å². The Kier molecular flexibility index (Phi) is 5.33. The van der Waals surface area contributed by atoms with Crippen LogP contribution in [0.1, 0.15) is 5.56 Å². The predicted octanol–water partition coefficient (Wildman–Crippen LogP) is 3.03. The molecule has 4 N–H and O–H groups in total. The highest BCUT2D eigenvalue weighted by molar-refractivity contribution is 7.89. The Labute approximate surface area is 146 Å². The van der Waals surface area contributed by atoms with Crippen LogP contribution in [0.4, 0.5) is 5.69 Å². The molecule has 0 aromatic heterocycles. The van der Waals surface area contributed by atoms with Crippen LogP contribution >= 0.6 is 12.4 Å². The molecule has 0 aliphatic rings. The van der Waals surface area contributed by atoms with Gasteiger partial charge in [-0.05, 0) is 29.8 Å². The number of benzene rings is 3. The highest BCUT2D eigenvalue weighted by atomic mass is 35.5. The normalized spacial score (nSPS) is 11.2. The second kappa shape index (κ2) is 7.09. The van der Waals surface area contributed by atoms with Crippen LogP contribution in [0, 0.1) is 0 Å². The zero-order valence-electron chi connectivity index (χ0n) is 12.6. The monoisotopic (exact) mass is 364 g/mol. The number of nitrogens with two attached hydrogens (primary N) is 1. The Morgan fingerprint density at radius 2 is 1.62 bits per heavy atom. The fraction of sp³-hybridized carbons (Fsp3) is 0.0588. The van der Waals surface area contributed by atoms with Gasteiger partial charge in [-0.15, -0.1) is 12.4 Å². The summed E-state index contributed by atoms with van der Waals surface area (Å²) in [5.74, 6) is 0.0969. The first-order valence-electron chi connectivity index (χ1n) is 7.02. The van der Waals surface area contributed by atoms with E-state index in [1.807, 2.05) is 0 Å². The Hall–Kier alpha value is -2.28. The zero-order valence-corrected chi connectivity index (χ0v) is 14.3. The quantitative estimate of drug-likeness (QED) is 0.620. The van der Waals surface area contributed by atoms with Gasteiger partial charge >= 0.3 is 0 Å². The molecule has 0 fully saturated rings. The summed E-state index contributed by atoms with van der Waals surface area (Å²) in [6, 6.07) is 16.7. The smallest absolute Gasteiger partial charge is 0.241 e. The van der Waals surface area contributed by atoms with Crippen LogP contribution in [0.15, 0.2) is 65.6 Å². The van der Waals surface area contributed by atoms with Gasteiger partial charge in [0.2, 0.25) is 10.0 Å². The molecule has 0 aliphatic carbocycles. The number of phenols is 1. The molecule has 0 heterocycles. The minimum Gasteiger partial charge on any atom is -0.508 e. The highest BCUT2D eigenvalue weighted by Gasteiger charge is 2.17. The van der Waals surface area contributed by atoms with Gasteiger partial charge in [-0.25, -0.2) is 13.1 Å². The van der Waals surface area contributed by atoms with Crippen LogP contribution < -0.4 is 10.5 Å². The van der Waals surface area contributed by atoms with E-state index in [1.165, 1.54) is 12.1 Å². The molecule has 3 aromatic rings. The van der Waals surface area contributed by atoms with Crippen molar-refractivity contribution in [3.05, 3.63) is 66.2 Å². The second-order valence-corrected chi connectivity index (χ2v) is 6.93. The van der Waals surface area contributed by atoms with E-state index in [-0.39, 0.29) is 29.6 Å². The maximum absolute atomic E-state index is 12.6. The van der Waals surface area contributed by atoms with Gasteiger partial charge in [0, 0.05) is 23.0 Å². The van der Waals surface area contributed by atoms with Gasteiger partial charge in [-0.2, -0.15) is 0 Å². The minimum atomic E-state index is -3.70. The lowest BCUT2D eigenvalue weighted by Crippen LogP contribution is -2.23. The van der Waals surface area contributed by atoms with Crippen LogP contribution in [0.5, 0.6) is 5.75 Å². The first-order valence-corrected chi connectivity index (χ1v) is 8.50. The first kappa shape index (κ1) is 18.1. The van der Waals surface area contributed by atoms with Gasteiger partial charge in [-0.1, -0.05) is 36.4 Å². The number of nitrogens with one attached hydrogen (secondary N) is 1. The average Bonchev–Trinajstić information content (AvgIpc) is 2.53. The SMILES string of the molecule is Cl.Nc1cccc2c(S(=O)(=O)NCc3cccc(O)c3)cccc12. The van der Waals surface area contributed by atoms with Crippen LogP contribution in [-0.4, -0.2) is 13.5 Å². The summed E-state index contributed by atoms with van der Waals surface area (Å²) in [5.41, 5.74) is 7.12. The topological polar surface area (TPSA) is 92.4 Å². The number of sulfonamides is 1. The number of hydrogen-bond donors (Lipinski definition) is 3. The maximum atomic E-state index is 12.6. The molecule has 0 unspecified atom stereocenters. The molecule has 0 amide bonds. The molecule has 0 atom stereocenters. The van der Waals surface area contributed by atoms with Crippen molar-refractivity contribution in [2.75, 3.05) is 5.73 Å². The van der Waals surface area contributed by atoms with E-state index in [2.05, 4.69) is 4.72 Å². The summed E-state index contributed by atoms with van der Waals surface area (Å²) < 4.78 is 27.8. The molecule has 24 heavy (non-hydrogen) atoms. The van der Waals surface area contributed by atoms with Crippen molar-refractivity contribution in [3.63, 3.8) is 0 Å². The fourth-order valence-corrected chi connectivity index (χ4v) is 3.70. The molecule has 0 bridgehead atoms. The average molecular weight is 365 g/mol. The molecule has 7 heteroatoms. The first-order chi connectivity index (χ1) is 11.0. The van der Waals surface area contributed by atoms with Crippen molar-refractivity contribution >= 4 is 38.9 Å². The molecule has 0 aliphatic heterocycles. The minimum absolute atomic E-state index is 0. The zero-order chi connectivity index (χ0) is 16.4. The molecular weight excluding hydrogens is 348 g/mol. The van der Waals surface area contributed by atoms with Gasteiger partial charge < -0.3 is 10.8 Å². The van der Waals surface area contributed by atoms with Gasteiger partial charge in [0.15, 0.2) is 0 Å². The van der Waals surface area contributed by atoms with Gasteiger partial charge in [0.25, 0.3) is 0 Å². The molecule has 3 aromatic carbocycles. The van der Waals surface area contributed by atoms with E-state index < -0.39 is 10.0 Å². The van der Waals surface area contributed by atoms with E-state index in [9.17, 15) is 13.5 Å². The van der Waals surface area contributed by atoms with Crippen LogP contribution in [0.2, 0.25) is 0 Å². The molecule has 3 rings (SSSR count). The molecular formula is C17H17ClN2O3S. The van der Waals surface area contributed by atoms with Crippen molar-refractivity contribution < 1.29 is 13.5 Å². The number of aromatic hydroxyl groups is 1. The lowest BCUT2D eigenvalue weighted by atomic mass is 10.1. The summed E-state index contributed by atoms with van der Waals surface area (Å²) in [7, 11) is -3.70. The van der Waals surface area contributed by atoms with Crippen LogP contribution in [0.25, 0.3) is 10.8 Å². The summed E-state index contributed by atoms with van der Waals surface area (Å²) in [4.78, 5) is 0.183. The summed E-state index contributed by atoms with van der Waals surface area (Å²) >= 11 is 0. The fourth-order valence-electron chi connectivity index (χ4n) is 2.46. The highest BCUT2D eigenvalue weighted by Crippen LogP contribution is 2.27. The Morgan fingerprint density at radius 3 is 2.38 bits per heavy atom. The van der Waals surface area contributed by atoms with Gasteiger partial charge in [0.1, 0.15) is 5.75 Å². The number of fused-ring (bicyclic) bond motifs is 1. The van der Waals surface area contributed by atoms with Gasteiger partial charge in [0.05, 0.1) is 4.90 Å². The van der Waals surface area contributed by atoms with E-state index in [0.29, 0.717) is 22.0 Å². The molecule has 0 spiro atoms. The Balaban J connectivity index is 0.00000208. The number of phenolic OH excluding ortho intramolecular Hbond substituents is 1. The lowest BCUT2D eigenvalue weighted by Gasteiger charge is -2.11. The Bertz CT molecular complexity index is 974. The Morgan fingerprint density at radius 1 is 0.958 bits per heavy atom. The third-order valence-electron chi connectivity index (χ3n) is 3.58. The van der Waals surface area contributed by atoms with Crippen LogP contribution in [0.3, 0.4) is 0 Å². The van der Waals surface area contributed by atoms with E-state index in [4.69, 9.17) is 5.73 Å². The predicted molar refractivity (Wildman–Crippen MR) is 97.7 cm³/mol. The molecule has 0 saturated heterocycles. The largest absolute Gasteiger partial charge is 0.508 e. The third-order valence-corrected chi connectivity index (χ3v) is 5.04. The van der Waals surface area contributed by atoms with Gasteiger partial charge in [-0.3, -0.25) is 0 Å². The second-order valence-electron chi connectivity index (χ2n) is 5.19. The summed E-state index contributed by atoms with van der Waals surface area (Å²) in [5, 5.41) is 10.7. The molecule has 5 nitrogen and oxygen atoms in total. The number of hydrogen-bond acceptors (Lipinski definition) is 4. The van der Waals surface area contributed by atoms with Crippen molar-refractivity contribution in [2.24, 2.45) is 0 Å². The standard InChI is InChI=1S/C17H16N2O3S.ClH/c18-16-8-2-7-15-14(16)6-3-9-17(15)23(21,22)19-11-12-4-1-5-13(20)10-12;/h1-10,19-20H,11,18H2;1H. The molecule has 0 radical (unpaired) electrons. The summed E-state index contributed by atoms with van der Waals surface area (Å²) in [6.45, 7) is 0.0927. The third kappa shape index (κ3) is 3.62. The molecule has 126 valence electrons. The number of nitrogen functional groups attached to an aromatic ring is 1. The number of rotatable bonds is 4. The van der Waals surface area contributed by atoms with Crippen molar-refractivity contribution in [3.8, 4) is 5.75 Å². The molecule has 0 saturated carbocycles. The van der Waals surface area contributed by atoms with E-state index in [1.54, 1.807) is 48.5 Å².